The van der Waals surface area contributed by atoms with Gasteiger partial charge in [0.2, 0.25) is 0 Å². The number of hydrogen-bond acceptors (Lipinski definition) is 3. The Labute approximate surface area is 131 Å². The quantitative estimate of drug-likeness (QED) is 0.766. The number of nitrogens with one attached hydrogen (secondary N) is 1. The fraction of sp³-hybridized carbons (Fsp3) is 0.941. The molecular weight excluding hydrogens is 264 g/mol. The molecule has 0 saturated heterocycles. The van der Waals surface area contributed by atoms with E-state index in [0.717, 1.165) is 6.54 Å². The normalized spacial score (nSPS) is 13.9. The van der Waals surface area contributed by atoms with Crippen molar-refractivity contribution in [3.8, 4) is 0 Å². The molecule has 1 atom stereocenters. The second kappa shape index (κ2) is 8.62. The average molecular weight is 300 g/mol. The number of nitrogens with zero attached hydrogens (tertiary/aromatic N) is 1. The first-order valence-corrected chi connectivity index (χ1v) is 8.21. The number of unbranched alkanes of at least 4 members (excludes halogenated alkanes) is 1. The van der Waals surface area contributed by atoms with Crippen molar-refractivity contribution in [2.24, 2.45) is 0 Å². The van der Waals surface area contributed by atoms with Gasteiger partial charge in [-0.3, -0.25) is 0 Å². The predicted molar refractivity (Wildman–Crippen MR) is 89.7 cm³/mol. The van der Waals surface area contributed by atoms with Gasteiger partial charge < -0.3 is 15.0 Å². The maximum absolute atomic E-state index is 12.3. The maximum Gasteiger partial charge on any atom is 0.410 e. The summed E-state index contributed by atoms with van der Waals surface area (Å²) in [7, 11) is 0. The van der Waals surface area contributed by atoms with E-state index in [1.165, 1.54) is 19.3 Å². The van der Waals surface area contributed by atoms with Crippen LogP contribution in [0.2, 0.25) is 0 Å². The molecule has 0 aliphatic heterocycles. The fourth-order valence-corrected chi connectivity index (χ4v) is 2.05. The summed E-state index contributed by atoms with van der Waals surface area (Å²) in [5, 5.41) is 3.49. The van der Waals surface area contributed by atoms with Crippen LogP contribution >= 0.6 is 0 Å². The second-order valence-corrected chi connectivity index (χ2v) is 7.80. The molecule has 0 spiro atoms. The SMILES string of the molecule is CCCCC(C)NCCN(C(=O)OC(C)(C)C)C(C)(C)C. The minimum absolute atomic E-state index is 0.238. The van der Waals surface area contributed by atoms with Gasteiger partial charge in [-0.15, -0.1) is 0 Å². The first-order chi connectivity index (χ1) is 9.47. The summed E-state index contributed by atoms with van der Waals surface area (Å²) in [6.07, 6.45) is 3.40. The lowest BCUT2D eigenvalue weighted by Gasteiger charge is -2.37. The summed E-state index contributed by atoms with van der Waals surface area (Å²) < 4.78 is 5.51. The monoisotopic (exact) mass is 300 g/mol. The third-order valence-corrected chi connectivity index (χ3v) is 3.24. The highest BCUT2D eigenvalue weighted by Crippen LogP contribution is 2.18. The van der Waals surface area contributed by atoms with Crippen LogP contribution in [0.5, 0.6) is 0 Å². The van der Waals surface area contributed by atoms with Crippen LogP contribution in [0.3, 0.4) is 0 Å². The topological polar surface area (TPSA) is 41.6 Å². The van der Waals surface area contributed by atoms with Gasteiger partial charge in [-0.1, -0.05) is 19.8 Å². The van der Waals surface area contributed by atoms with Crippen LogP contribution in [-0.4, -0.2) is 41.3 Å². The van der Waals surface area contributed by atoms with E-state index in [9.17, 15) is 4.79 Å². The van der Waals surface area contributed by atoms with Crippen LogP contribution in [0.1, 0.15) is 74.7 Å². The third-order valence-electron chi connectivity index (χ3n) is 3.24. The van der Waals surface area contributed by atoms with Gasteiger partial charge in [0.1, 0.15) is 5.60 Å². The predicted octanol–water partition coefficient (Wildman–Crippen LogP) is 4.19. The van der Waals surface area contributed by atoms with Gasteiger partial charge in [0, 0.05) is 24.7 Å². The third kappa shape index (κ3) is 9.72. The van der Waals surface area contributed by atoms with Crippen LogP contribution in [0.4, 0.5) is 4.79 Å². The summed E-state index contributed by atoms with van der Waals surface area (Å²) in [5.74, 6) is 0. The van der Waals surface area contributed by atoms with Crippen LogP contribution in [-0.2, 0) is 4.74 Å². The van der Waals surface area contributed by atoms with Crippen molar-refractivity contribution in [3.05, 3.63) is 0 Å². The van der Waals surface area contributed by atoms with Crippen molar-refractivity contribution in [2.75, 3.05) is 13.1 Å². The van der Waals surface area contributed by atoms with Crippen LogP contribution in [0.15, 0.2) is 0 Å². The van der Waals surface area contributed by atoms with Crippen molar-refractivity contribution in [1.82, 2.24) is 10.2 Å². The molecule has 0 aromatic rings. The Morgan fingerprint density at radius 2 is 1.76 bits per heavy atom. The van der Waals surface area contributed by atoms with Crippen molar-refractivity contribution >= 4 is 6.09 Å². The van der Waals surface area contributed by atoms with Gasteiger partial charge in [0.15, 0.2) is 0 Å². The summed E-state index contributed by atoms with van der Waals surface area (Å²) in [4.78, 5) is 14.1. The van der Waals surface area contributed by atoms with Gasteiger partial charge in [-0.25, -0.2) is 4.79 Å². The van der Waals surface area contributed by atoms with Gasteiger partial charge in [-0.2, -0.15) is 0 Å². The Balaban J connectivity index is 4.43. The number of hydrogen-bond donors (Lipinski definition) is 1. The molecule has 0 fully saturated rings. The van der Waals surface area contributed by atoms with Gasteiger partial charge >= 0.3 is 6.09 Å². The first kappa shape index (κ1) is 20.2. The molecule has 0 aromatic carbocycles. The van der Waals surface area contributed by atoms with E-state index >= 15 is 0 Å². The highest BCUT2D eigenvalue weighted by atomic mass is 16.6. The van der Waals surface area contributed by atoms with E-state index in [0.29, 0.717) is 12.6 Å². The minimum atomic E-state index is -0.456. The Morgan fingerprint density at radius 1 is 1.19 bits per heavy atom. The molecule has 0 aromatic heterocycles. The van der Waals surface area contributed by atoms with Crippen molar-refractivity contribution < 1.29 is 9.53 Å². The smallest absolute Gasteiger partial charge is 0.410 e. The van der Waals surface area contributed by atoms with Gasteiger partial charge in [-0.05, 0) is 54.9 Å². The van der Waals surface area contributed by atoms with E-state index in [1.807, 2.05) is 41.5 Å². The molecule has 21 heavy (non-hydrogen) atoms. The molecule has 0 rings (SSSR count). The van der Waals surface area contributed by atoms with E-state index in [2.05, 4.69) is 19.2 Å². The number of ether oxygens (including phenoxy) is 1. The molecule has 4 nitrogen and oxygen atoms in total. The largest absolute Gasteiger partial charge is 0.444 e. The van der Waals surface area contributed by atoms with Crippen LogP contribution < -0.4 is 5.32 Å². The molecule has 0 aliphatic rings. The van der Waals surface area contributed by atoms with Crippen molar-refractivity contribution in [1.29, 1.82) is 0 Å². The van der Waals surface area contributed by atoms with E-state index in [4.69, 9.17) is 4.74 Å². The van der Waals surface area contributed by atoms with Crippen LogP contribution in [0, 0.1) is 0 Å². The second-order valence-electron chi connectivity index (χ2n) is 7.80. The molecular formula is C17H36N2O2. The van der Waals surface area contributed by atoms with Gasteiger partial charge in [0.25, 0.3) is 0 Å². The zero-order chi connectivity index (χ0) is 16.7. The van der Waals surface area contributed by atoms with E-state index < -0.39 is 5.60 Å². The highest BCUT2D eigenvalue weighted by Gasteiger charge is 2.30. The maximum atomic E-state index is 12.3. The Kier molecular flexibility index (Phi) is 8.30. The zero-order valence-electron chi connectivity index (χ0n) is 15.4. The molecule has 1 N–H and O–H groups in total. The number of carbonyl (C=O) groups excluding carboxylic acids is 1. The molecule has 4 heteroatoms. The Bertz CT molecular complexity index is 303. The Hall–Kier alpha value is -0.770. The highest BCUT2D eigenvalue weighted by molar-refractivity contribution is 5.69. The minimum Gasteiger partial charge on any atom is -0.444 e. The summed E-state index contributed by atoms with van der Waals surface area (Å²) in [6.45, 7) is 17.7. The molecule has 0 aliphatic carbocycles. The molecule has 1 amide bonds. The molecule has 0 heterocycles. The van der Waals surface area contributed by atoms with Crippen molar-refractivity contribution in [3.63, 3.8) is 0 Å². The zero-order valence-corrected chi connectivity index (χ0v) is 15.4. The Morgan fingerprint density at radius 3 is 2.19 bits per heavy atom. The first-order valence-electron chi connectivity index (χ1n) is 8.21. The van der Waals surface area contributed by atoms with Crippen molar-refractivity contribution in [2.45, 2.75) is 91.8 Å². The lowest BCUT2D eigenvalue weighted by Crippen LogP contribution is -2.50. The number of carbonyl (C=O) groups is 1. The molecule has 0 saturated carbocycles. The van der Waals surface area contributed by atoms with E-state index in [-0.39, 0.29) is 11.6 Å². The lowest BCUT2D eigenvalue weighted by atomic mass is 10.1. The molecule has 0 bridgehead atoms. The standard InChI is InChI=1S/C17H36N2O2/c1-9-10-11-14(2)18-12-13-19(16(3,4)5)15(20)21-17(6,7)8/h14,18H,9-13H2,1-8H3. The summed E-state index contributed by atoms with van der Waals surface area (Å²) >= 11 is 0. The lowest BCUT2D eigenvalue weighted by molar-refractivity contribution is 0.00647. The molecule has 0 radical (unpaired) electrons. The summed E-state index contributed by atoms with van der Waals surface area (Å²) in [5.41, 5.74) is -0.695. The number of rotatable bonds is 7. The van der Waals surface area contributed by atoms with E-state index in [1.54, 1.807) is 4.90 Å². The number of amides is 1. The van der Waals surface area contributed by atoms with Crippen LogP contribution in [0.25, 0.3) is 0 Å². The molecule has 126 valence electrons. The fourth-order valence-electron chi connectivity index (χ4n) is 2.05. The molecule has 1 unspecified atom stereocenters. The average Bonchev–Trinajstić information content (AvgIpc) is 2.27. The van der Waals surface area contributed by atoms with Gasteiger partial charge in [0.05, 0.1) is 0 Å². The summed E-state index contributed by atoms with van der Waals surface area (Å²) in [6, 6.07) is 0.491.